The predicted octanol–water partition coefficient (Wildman–Crippen LogP) is 9.90. The highest BCUT2D eigenvalue weighted by Crippen LogP contribution is 2.14. The van der Waals surface area contributed by atoms with E-state index in [-0.39, 0.29) is 0 Å². The molecule has 8 heterocycles. The number of ether oxygens (including phenoxy) is 1. The van der Waals surface area contributed by atoms with Gasteiger partial charge in [0.15, 0.2) is 0 Å². The van der Waals surface area contributed by atoms with Crippen LogP contribution in [-0.4, -0.2) is 243 Å². The molecule has 0 bridgehead atoms. The Kier molecular flexibility index (Phi) is 42.7. The van der Waals surface area contributed by atoms with Crippen molar-refractivity contribution in [3.63, 3.8) is 0 Å². The van der Waals surface area contributed by atoms with Crippen LogP contribution in [0, 0.1) is 0 Å². The van der Waals surface area contributed by atoms with E-state index >= 15 is 0 Å². The van der Waals surface area contributed by atoms with E-state index < -0.39 is 0 Å². The second kappa shape index (κ2) is 44.0. The van der Waals surface area contributed by atoms with E-state index in [1.165, 1.54) is 180 Å². The van der Waals surface area contributed by atoms with Crippen LogP contribution in [0.2, 0.25) is 0 Å². The number of thioether (sulfide) groups is 1. The first-order chi connectivity index (χ1) is 33.9. The van der Waals surface area contributed by atoms with Gasteiger partial charge >= 0.3 is 0 Å². The molecule has 2 N–H and O–H groups in total. The topological polar surface area (TPSA) is 59.2 Å². The van der Waals surface area contributed by atoms with E-state index in [1.54, 1.807) is 0 Å². The Labute approximate surface area is 449 Å². The number of hydrogen-bond acceptors (Lipinski definition) is 12. The summed E-state index contributed by atoms with van der Waals surface area (Å²) in [4.78, 5) is 20.1. The van der Waals surface area contributed by atoms with Gasteiger partial charge in [-0.15, -0.1) is 0 Å². The maximum absolute atomic E-state index is 5.21. The third-order valence-corrected chi connectivity index (χ3v) is 16.5. The molecule has 8 rings (SSSR count). The molecule has 8 saturated heterocycles. The number of hydrogen-bond donors (Lipinski definition) is 2. The second-order valence-electron chi connectivity index (χ2n) is 23.7. The van der Waals surface area contributed by atoms with E-state index in [2.05, 4.69) is 172 Å². The van der Waals surface area contributed by atoms with Crippen molar-refractivity contribution in [1.82, 2.24) is 49.8 Å². The molecule has 8 aliphatic heterocycles. The molecule has 0 aromatic carbocycles. The molecule has 0 atom stereocenters. The number of rotatable bonds is 8. The van der Waals surface area contributed by atoms with Crippen LogP contribution in [0.1, 0.15) is 181 Å². The zero-order valence-electron chi connectivity index (χ0n) is 50.8. The van der Waals surface area contributed by atoms with Crippen LogP contribution in [0.3, 0.4) is 0 Å². The van der Waals surface area contributed by atoms with Crippen molar-refractivity contribution >= 4 is 11.8 Å². The van der Waals surface area contributed by atoms with Crippen LogP contribution in [-0.2, 0) is 4.74 Å². The minimum Gasteiger partial charge on any atom is -0.379 e. The summed E-state index contributed by atoms with van der Waals surface area (Å²) in [6.07, 6.45) is 15.6. The van der Waals surface area contributed by atoms with Crippen molar-refractivity contribution in [2.75, 3.05) is 156 Å². The van der Waals surface area contributed by atoms with Crippen molar-refractivity contribution in [2.45, 2.75) is 230 Å². The smallest absolute Gasteiger partial charge is 0.0594 e. The fourth-order valence-electron chi connectivity index (χ4n) is 9.93. The molecule has 426 valence electrons. The van der Waals surface area contributed by atoms with Crippen molar-refractivity contribution in [3.8, 4) is 0 Å². The largest absolute Gasteiger partial charge is 0.379 e. The Morgan fingerprint density at radius 1 is 0.254 bits per heavy atom. The summed E-state index contributed by atoms with van der Waals surface area (Å²) in [5.41, 5.74) is 0. The molecule has 8 aliphatic rings. The highest BCUT2D eigenvalue weighted by atomic mass is 32.2. The van der Waals surface area contributed by atoms with Crippen molar-refractivity contribution in [2.24, 2.45) is 0 Å². The van der Waals surface area contributed by atoms with Crippen molar-refractivity contribution in [1.29, 1.82) is 0 Å². The van der Waals surface area contributed by atoms with E-state index in [0.29, 0.717) is 6.04 Å². The summed E-state index contributed by atoms with van der Waals surface area (Å²) in [5.74, 6) is 2.66. The molecule has 0 unspecified atom stereocenters. The Morgan fingerprint density at radius 3 is 0.789 bits per heavy atom. The summed E-state index contributed by atoms with van der Waals surface area (Å²) in [7, 11) is 0. The SMILES string of the molecule is CC(C)N1CCC1.CC(C)N1CCCC1.CC(C)N1CCCCC1.CC(C)N1CCCCCC1.CC(C)N1CCCNCC1.CC(C)N1CCNCC1.CC(C)N1CCOCC1.CC(C)N1CCSCC1. The summed E-state index contributed by atoms with van der Waals surface area (Å²) in [6.45, 7) is 63.2. The van der Waals surface area contributed by atoms with Gasteiger partial charge in [-0.2, -0.15) is 11.8 Å². The molecule has 11 nitrogen and oxygen atoms in total. The lowest BCUT2D eigenvalue weighted by atomic mass is 10.1. The second-order valence-corrected chi connectivity index (χ2v) is 24.9. The van der Waals surface area contributed by atoms with E-state index in [4.69, 9.17) is 4.74 Å². The number of likely N-dealkylation sites (tertiary alicyclic amines) is 4. The average molecular weight is 1030 g/mol. The third-order valence-electron chi connectivity index (χ3n) is 15.5. The monoisotopic (exact) mass is 1020 g/mol. The summed E-state index contributed by atoms with van der Waals surface area (Å²) in [5, 5.41) is 6.72. The molecular formula is C59H128N10OS. The number of piperazine rings is 1. The van der Waals surface area contributed by atoms with Crippen LogP contribution in [0.5, 0.6) is 0 Å². The van der Waals surface area contributed by atoms with Gasteiger partial charge in [-0.1, -0.05) is 19.3 Å². The Bertz CT molecular complexity index is 999. The van der Waals surface area contributed by atoms with Gasteiger partial charge in [0, 0.05) is 125 Å². The Balaban J connectivity index is 0.000000406. The van der Waals surface area contributed by atoms with Crippen molar-refractivity contribution < 1.29 is 4.74 Å². The zero-order valence-corrected chi connectivity index (χ0v) is 51.6. The quantitative estimate of drug-likeness (QED) is 0.244. The first kappa shape index (κ1) is 68.9. The molecule has 0 saturated carbocycles. The summed E-state index contributed by atoms with van der Waals surface area (Å²) < 4.78 is 5.21. The average Bonchev–Trinajstić information content (AvgIpc) is 3.56. The molecule has 8 fully saturated rings. The Hall–Kier alpha value is -0.0900. The lowest BCUT2D eigenvalue weighted by molar-refractivity contribution is 0.0238. The van der Waals surface area contributed by atoms with Crippen LogP contribution in [0.4, 0.5) is 0 Å². The molecule has 0 aliphatic carbocycles. The highest BCUT2D eigenvalue weighted by Gasteiger charge is 2.18. The van der Waals surface area contributed by atoms with E-state index in [1.807, 2.05) is 0 Å². The fourth-order valence-corrected chi connectivity index (χ4v) is 10.9. The standard InChI is InChI=1S/C9H19N.C8H18N2.C8H17N.C7H16N2.C7H15NO.C7H15NS.C7H15N.C6H13N/c1-9(2)10-7-5-3-4-6-8-10;1-8(2)10-6-3-4-9-5-7-10;1-8(2)9-6-4-3-5-7-9;1-7(2)9-5-3-8-4-6-9;2*1-7(2)8-3-5-9-6-4-8;1-7(2)8-5-3-4-6-8;1-6(2)7-4-3-5-7/h9H,3-8H2,1-2H3;8-9H,3-7H2,1-2H3;8H,3-7H2,1-2H3;7-8H,3-6H2,1-2H3;2*7H,3-6H2,1-2H3;7H,3-6H2,1-2H3;6H,3-5H2,1-2H3. The fraction of sp³-hybridized carbons (Fsp3) is 1.00. The number of nitrogens with one attached hydrogen (secondary N) is 2. The van der Waals surface area contributed by atoms with Gasteiger partial charge in [0.25, 0.3) is 0 Å². The van der Waals surface area contributed by atoms with Gasteiger partial charge in [0.05, 0.1) is 13.2 Å². The van der Waals surface area contributed by atoms with Crippen LogP contribution < -0.4 is 10.6 Å². The number of piperidine rings is 1. The van der Waals surface area contributed by atoms with Crippen molar-refractivity contribution in [3.05, 3.63) is 0 Å². The van der Waals surface area contributed by atoms with Gasteiger partial charge in [-0.05, 0) is 228 Å². The molecule has 0 aromatic heterocycles. The molecule has 0 radical (unpaired) electrons. The Morgan fingerprint density at radius 2 is 0.493 bits per heavy atom. The minimum atomic E-state index is 0.689. The lowest BCUT2D eigenvalue weighted by Crippen LogP contribution is -2.46. The van der Waals surface area contributed by atoms with Crippen LogP contribution >= 0.6 is 11.8 Å². The lowest BCUT2D eigenvalue weighted by Gasteiger charge is -2.34. The normalized spacial score (nSPS) is 23.0. The van der Waals surface area contributed by atoms with Gasteiger partial charge in [0.2, 0.25) is 0 Å². The van der Waals surface area contributed by atoms with Crippen LogP contribution in [0.25, 0.3) is 0 Å². The van der Waals surface area contributed by atoms with Gasteiger partial charge in [0.1, 0.15) is 0 Å². The van der Waals surface area contributed by atoms with E-state index in [9.17, 15) is 0 Å². The van der Waals surface area contributed by atoms with Crippen LogP contribution in [0.15, 0.2) is 0 Å². The predicted molar refractivity (Wildman–Crippen MR) is 318 cm³/mol. The first-order valence-electron chi connectivity index (χ1n) is 30.4. The van der Waals surface area contributed by atoms with Gasteiger partial charge in [-0.3, -0.25) is 19.6 Å². The number of morpholine rings is 1. The highest BCUT2D eigenvalue weighted by molar-refractivity contribution is 7.99. The third kappa shape index (κ3) is 35.8. The molecule has 71 heavy (non-hydrogen) atoms. The maximum atomic E-state index is 5.21. The molecule has 0 spiro atoms. The van der Waals surface area contributed by atoms with E-state index in [0.717, 1.165) is 88.2 Å². The summed E-state index contributed by atoms with van der Waals surface area (Å²) in [6, 6.07) is 5.99. The van der Waals surface area contributed by atoms with Gasteiger partial charge < -0.3 is 35.0 Å². The molecule has 0 amide bonds. The zero-order chi connectivity index (χ0) is 52.8. The summed E-state index contributed by atoms with van der Waals surface area (Å²) >= 11 is 2.07. The molecule has 0 aromatic rings. The number of nitrogens with zero attached hydrogens (tertiary/aromatic N) is 8. The minimum absolute atomic E-state index is 0.689. The maximum Gasteiger partial charge on any atom is 0.0594 e. The van der Waals surface area contributed by atoms with Gasteiger partial charge in [-0.25, -0.2) is 0 Å². The molecular weight excluding hydrogens is 897 g/mol. The molecule has 12 heteroatoms. The first-order valence-corrected chi connectivity index (χ1v) is 31.6.